The molecule has 1 aliphatic carbocycles. The molecule has 0 bridgehead atoms. The van der Waals surface area contributed by atoms with Crippen molar-refractivity contribution in [2.75, 3.05) is 13.1 Å². The molecule has 0 aromatic heterocycles. The quantitative estimate of drug-likeness (QED) is 0.773. The highest BCUT2D eigenvalue weighted by Crippen LogP contribution is 2.42. The van der Waals surface area contributed by atoms with Crippen molar-refractivity contribution in [2.24, 2.45) is 0 Å². The Morgan fingerprint density at radius 1 is 1.24 bits per heavy atom. The molecule has 2 heteroatoms. The summed E-state index contributed by atoms with van der Waals surface area (Å²) in [7, 11) is 0. The maximum Gasteiger partial charge on any atom is 0.124 e. The zero-order valence-electron chi connectivity index (χ0n) is 14.4. The lowest BCUT2D eigenvalue weighted by Crippen LogP contribution is -2.45. The van der Waals surface area contributed by atoms with E-state index in [2.05, 4.69) is 58.1 Å². The molecule has 118 valence electrons. The van der Waals surface area contributed by atoms with E-state index < -0.39 is 0 Å². The van der Waals surface area contributed by atoms with Gasteiger partial charge in [0, 0.05) is 0 Å². The minimum atomic E-state index is 0.0654. The van der Waals surface area contributed by atoms with Gasteiger partial charge in [-0.2, -0.15) is 0 Å². The molecule has 0 radical (unpaired) electrons. The fraction of sp³-hybridized carbons (Fsp3) is 0.684. The van der Waals surface area contributed by atoms with Crippen LogP contribution in [0.2, 0.25) is 0 Å². The summed E-state index contributed by atoms with van der Waals surface area (Å²) in [5, 5.41) is 3.43. The lowest BCUT2D eigenvalue weighted by molar-refractivity contribution is -0.0154. The zero-order valence-corrected chi connectivity index (χ0v) is 14.4. The van der Waals surface area contributed by atoms with Crippen molar-refractivity contribution in [3.63, 3.8) is 0 Å². The normalized spacial score (nSPS) is 17.4. The van der Waals surface area contributed by atoms with Crippen molar-refractivity contribution < 1.29 is 4.74 Å². The van der Waals surface area contributed by atoms with Crippen molar-refractivity contribution in [1.29, 1.82) is 0 Å². The summed E-state index contributed by atoms with van der Waals surface area (Å²) in [6, 6.07) is 6.65. The molecular weight excluding hydrogens is 258 g/mol. The predicted octanol–water partition coefficient (Wildman–Crippen LogP) is 4.59. The first-order valence-corrected chi connectivity index (χ1v) is 8.37. The van der Waals surface area contributed by atoms with Crippen LogP contribution < -0.4 is 10.1 Å². The summed E-state index contributed by atoms with van der Waals surface area (Å²) in [4.78, 5) is 0. The Morgan fingerprint density at radius 3 is 2.48 bits per heavy atom. The topological polar surface area (TPSA) is 21.3 Å². The van der Waals surface area contributed by atoms with E-state index in [0.29, 0.717) is 0 Å². The molecule has 0 amide bonds. The minimum Gasteiger partial charge on any atom is -0.487 e. The zero-order chi connectivity index (χ0) is 15.5. The first-order valence-electron chi connectivity index (χ1n) is 8.37. The number of aryl methyl sites for hydroxylation is 1. The van der Waals surface area contributed by atoms with Crippen molar-refractivity contribution >= 4 is 0 Å². The highest BCUT2D eigenvalue weighted by molar-refractivity contribution is 5.42. The van der Waals surface area contributed by atoms with Gasteiger partial charge in [0.25, 0.3) is 0 Å². The van der Waals surface area contributed by atoms with Gasteiger partial charge in [-0.15, -0.1) is 0 Å². The van der Waals surface area contributed by atoms with Gasteiger partial charge in [-0.3, -0.25) is 0 Å². The number of hydrogen-bond donors (Lipinski definition) is 1. The van der Waals surface area contributed by atoms with Gasteiger partial charge >= 0.3 is 0 Å². The Labute approximate surface area is 130 Å². The number of nitrogens with one attached hydrogen (secondary N) is 1. The number of benzene rings is 1. The molecule has 1 aromatic rings. The summed E-state index contributed by atoms with van der Waals surface area (Å²) in [5.41, 5.74) is 2.79. The van der Waals surface area contributed by atoms with E-state index in [0.717, 1.165) is 25.3 Å². The van der Waals surface area contributed by atoms with Crippen molar-refractivity contribution in [1.82, 2.24) is 5.32 Å². The molecule has 1 aromatic carbocycles. The first-order chi connectivity index (χ1) is 9.86. The third-order valence-electron chi connectivity index (χ3n) is 4.54. The highest BCUT2D eigenvalue weighted by atomic mass is 16.5. The summed E-state index contributed by atoms with van der Waals surface area (Å²) < 4.78 is 6.58. The number of hydrogen-bond acceptors (Lipinski definition) is 2. The van der Waals surface area contributed by atoms with Crippen molar-refractivity contribution in [3.8, 4) is 5.75 Å². The smallest absolute Gasteiger partial charge is 0.124 e. The van der Waals surface area contributed by atoms with Crippen LogP contribution in [-0.4, -0.2) is 18.7 Å². The maximum atomic E-state index is 6.58. The minimum absolute atomic E-state index is 0.0654. The second-order valence-corrected chi connectivity index (χ2v) is 7.49. The van der Waals surface area contributed by atoms with E-state index in [9.17, 15) is 0 Å². The lowest BCUT2D eigenvalue weighted by atomic mass is 9.77. The molecular formula is C19H31NO. The van der Waals surface area contributed by atoms with Gasteiger partial charge in [0.2, 0.25) is 0 Å². The second kappa shape index (κ2) is 6.39. The molecule has 2 rings (SSSR count). The molecule has 0 saturated heterocycles. The van der Waals surface area contributed by atoms with Gasteiger partial charge < -0.3 is 10.1 Å². The fourth-order valence-corrected chi connectivity index (χ4v) is 3.03. The van der Waals surface area contributed by atoms with Crippen LogP contribution in [0.4, 0.5) is 0 Å². The van der Waals surface area contributed by atoms with Crippen LogP contribution in [0.5, 0.6) is 5.75 Å². The SMILES string of the molecule is CCNCCC1(Oc2cc(C)ccc2C(C)(C)C)CCC1. The summed E-state index contributed by atoms with van der Waals surface area (Å²) in [6.07, 6.45) is 4.78. The molecule has 0 spiro atoms. The van der Waals surface area contributed by atoms with E-state index in [4.69, 9.17) is 4.74 Å². The average Bonchev–Trinajstić information content (AvgIpc) is 2.34. The Morgan fingerprint density at radius 2 is 1.95 bits per heavy atom. The van der Waals surface area contributed by atoms with E-state index in [-0.39, 0.29) is 11.0 Å². The molecule has 21 heavy (non-hydrogen) atoms. The molecule has 1 N–H and O–H groups in total. The first kappa shape index (κ1) is 16.4. The highest BCUT2D eigenvalue weighted by Gasteiger charge is 2.39. The monoisotopic (exact) mass is 289 g/mol. The maximum absolute atomic E-state index is 6.58. The Bertz CT molecular complexity index is 469. The number of rotatable bonds is 6. The number of ether oxygens (including phenoxy) is 1. The van der Waals surface area contributed by atoms with Crippen LogP contribution in [0.15, 0.2) is 18.2 Å². The van der Waals surface area contributed by atoms with Gasteiger partial charge in [-0.1, -0.05) is 39.8 Å². The molecule has 1 fully saturated rings. The standard InChI is InChI=1S/C19H31NO/c1-6-20-13-12-19(10-7-11-19)21-17-14-15(2)8-9-16(17)18(3,4)5/h8-9,14,20H,6-7,10-13H2,1-5H3. The molecule has 2 nitrogen and oxygen atoms in total. The fourth-order valence-electron chi connectivity index (χ4n) is 3.03. The predicted molar refractivity (Wildman–Crippen MR) is 90.2 cm³/mol. The van der Waals surface area contributed by atoms with Crippen molar-refractivity contribution in [2.45, 2.75) is 71.3 Å². The van der Waals surface area contributed by atoms with Gasteiger partial charge in [0.05, 0.1) is 0 Å². The molecule has 0 atom stereocenters. The van der Waals surface area contributed by atoms with Crippen LogP contribution >= 0.6 is 0 Å². The third kappa shape index (κ3) is 4.00. The van der Waals surface area contributed by atoms with Crippen LogP contribution in [0.1, 0.15) is 64.5 Å². The molecule has 1 saturated carbocycles. The van der Waals surface area contributed by atoms with Crippen molar-refractivity contribution in [3.05, 3.63) is 29.3 Å². The van der Waals surface area contributed by atoms with Crippen LogP contribution in [-0.2, 0) is 5.41 Å². The van der Waals surface area contributed by atoms with Gasteiger partial charge in [-0.25, -0.2) is 0 Å². The van der Waals surface area contributed by atoms with E-state index in [1.807, 2.05) is 0 Å². The lowest BCUT2D eigenvalue weighted by Gasteiger charge is -2.43. The summed E-state index contributed by atoms with van der Waals surface area (Å²) in [6.45, 7) is 13.2. The largest absolute Gasteiger partial charge is 0.487 e. The van der Waals surface area contributed by atoms with E-state index in [1.54, 1.807) is 0 Å². The van der Waals surface area contributed by atoms with E-state index >= 15 is 0 Å². The Kier molecular flexibility index (Phi) is 4.98. The average molecular weight is 289 g/mol. The molecule has 0 aliphatic heterocycles. The van der Waals surface area contributed by atoms with Crippen LogP contribution in [0.25, 0.3) is 0 Å². The van der Waals surface area contributed by atoms with Crippen LogP contribution in [0, 0.1) is 6.92 Å². The second-order valence-electron chi connectivity index (χ2n) is 7.49. The van der Waals surface area contributed by atoms with Gasteiger partial charge in [0.1, 0.15) is 11.4 Å². The Hall–Kier alpha value is -1.02. The molecule has 0 heterocycles. The third-order valence-corrected chi connectivity index (χ3v) is 4.54. The molecule has 0 unspecified atom stereocenters. The molecule has 1 aliphatic rings. The van der Waals surface area contributed by atoms with Crippen LogP contribution in [0.3, 0.4) is 0 Å². The Balaban J connectivity index is 2.19. The summed E-state index contributed by atoms with van der Waals surface area (Å²) >= 11 is 0. The summed E-state index contributed by atoms with van der Waals surface area (Å²) in [5.74, 6) is 1.10. The van der Waals surface area contributed by atoms with Gasteiger partial charge in [-0.05, 0) is 68.3 Å². The van der Waals surface area contributed by atoms with E-state index in [1.165, 1.54) is 30.4 Å². The van der Waals surface area contributed by atoms with Gasteiger partial charge in [0.15, 0.2) is 0 Å².